The second-order valence-electron chi connectivity index (χ2n) is 6.97. The molecule has 2 rings (SSSR count). The molecule has 5 nitrogen and oxygen atoms in total. The largest absolute Gasteiger partial charge is 0.322 e. The van der Waals surface area contributed by atoms with Crippen LogP contribution in [0, 0.1) is 6.92 Å². The van der Waals surface area contributed by atoms with Crippen LogP contribution >= 0.6 is 0 Å². The monoisotopic (exact) mass is 360 g/mol. The number of anilines is 1. The smallest absolute Gasteiger partial charge is 0.255 e. The lowest BCUT2D eigenvalue weighted by Gasteiger charge is -2.19. The number of hydrogen-bond acceptors (Lipinski definition) is 3. The first-order valence-electron chi connectivity index (χ1n) is 8.01. The molecule has 0 spiro atoms. The fourth-order valence-electron chi connectivity index (χ4n) is 2.40. The quantitative estimate of drug-likeness (QED) is 0.877. The maximum atomic E-state index is 12.4. The number of benzene rings is 2. The summed E-state index contributed by atoms with van der Waals surface area (Å²) in [7, 11) is -2.22. The van der Waals surface area contributed by atoms with Gasteiger partial charge in [0.15, 0.2) is 0 Å². The Balaban J connectivity index is 2.25. The number of rotatable bonds is 4. The predicted molar refractivity (Wildman–Crippen MR) is 101 cm³/mol. The SMILES string of the molecule is CNS(=O)(=O)c1cc(NC(=O)c2ccc(C(C)(C)C)cc2)ccc1C. The summed E-state index contributed by atoms with van der Waals surface area (Å²) in [5.41, 5.74) is 2.72. The van der Waals surface area contributed by atoms with Crippen molar-refractivity contribution in [2.24, 2.45) is 0 Å². The van der Waals surface area contributed by atoms with E-state index in [4.69, 9.17) is 0 Å². The van der Waals surface area contributed by atoms with Crippen molar-refractivity contribution in [3.05, 3.63) is 59.2 Å². The van der Waals surface area contributed by atoms with Crippen molar-refractivity contribution in [3.8, 4) is 0 Å². The van der Waals surface area contributed by atoms with Gasteiger partial charge in [0.2, 0.25) is 10.0 Å². The summed E-state index contributed by atoms with van der Waals surface area (Å²) >= 11 is 0. The molecule has 0 aliphatic heterocycles. The molecule has 0 unspecified atom stereocenters. The minimum Gasteiger partial charge on any atom is -0.322 e. The summed E-state index contributed by atoms with van der Waals surface area (Å²) < 4.78 is 26.4. The van der Waals surface area contributed by atoms with E-state index in [2.05, 4.69) is 30.8 Å². The third-order valence-electron chi connectivity index (χ3n) is 4.02. The average Bonchev–Trinajstić information content (AvgIpc) is 2.55. The number of aryl methyl sites for hydroxylation is 1. The van der Waals surface area contributed by atoms with Crippen LogP contribution in [0.2, 0.25) is 0 Å². The third-order valence-corrected chi connectivity index (χ3v) is 5.57. The van der Waals surface area contributed by atoms with Crippen LogP contribution in [0.15, 0.2) is 47.4 Å². The standard InChI is InChI=1S/C19H24N2O3S/c1-13-6-11-16(12-17(13)25(23,24)20-5)21-18(22)14-7-9-15(10-8-14)19(2,3)4/h6-12,20H,1-5H3,(H,21,22). The molecule has 0 aliphatic rings. The Hall–Kier alpha value is -2.18. The fourth-order valence-corrected chi connectivity index (χ4v) is 3.40. The summed E-state index contributed by atoms with van der Waals surface area (Å²) in [6, 6.07) is 12.2. The summed E-state index contributed by atoms with van der Waals surface area (Å²) in [6.07, 6.45) is 0. The molecule has 134 valence electrons. The maximum Gasteiger partial charge on any atom is 0.255 e. The van der Waals surface area contributed by atoms with E-state index < -0.39 is 10.0 Å². The van der Waals surface area contributed by atoms with Gasteiger partial charge in [-0.1, -0.05) is 39.0 Å². The molecule has 2 N–H and O–H groups in total. The zero-order valence-corrected chi connectivity index (χ0v) is 16.0. The molecule has 0 atom stereocenters. The van der Waals surface area contributed by atoms with Gasteiger partial charge < -0.3 is 5.32 Å². The van der Waals surface area contributed by atoms with Crippen LogP contribution in [0.4, 0.5) is 5.69 Å². The van der Waals surface area contributed by atoms with E-state index in [9.17, 15) is 13.2 Å². The molecule has 25 heavy (non-hydrogen) atoms. The van der Waals surface area contributed by atoms with Crippen molar-refractivity contribution in [2.75, 3.05) is 12.4 Å². The molecular weight excluding hydrogens is 336 g/mol. The summed E-state index contributed by atoms with van der Waals surface area (Å²) in [4.78, 5) is 12.6. The zero-order valence-electron chi connectivity index (χ0n) is 15.2. The Morgan fingerprint density at radius 3 is 2.12 bits per heavy atom. The van der Waals surface area contributed by atoms with Gasteiger partial charge in [-0.05, 0) is 54.8 Å². The number of carbonyl (C=O) groups excluding carboxylic acids is 1. The Bertz CT molecular complexity index is 880. The highest BCUT2D eigenvalue weighted by molar-refractivity contribution is 7.89. The van der Waals surface area contributed by atoms with Crippen molar-refractivity contribution in [2.45, 2.75) is 38.0 Å². The second kappa shape index (κ2) is 6.98. The number of nitrogens with one attached hydrogen (secondary N) is 2. The summed E-state index contributed by atoms with van der Waals surface area (Å²) in [5.74, 6) is -0.280. The van der Waals surface area contributed by atoms with Crippen molar-refractivity contribution in [1.82, 2.24) is 4.72 Å². The zero-order chi connectivity index (χ0) is 18.8. The number of amides is 1. The van der Waals surface area contributed by atoms with Gasteiger partial charge in [-0.25, -0.2) is 13.1 Å². The lowest BCUT2D eigenvalue weighted by atomic mass is 9.87. The van der Waals surface area contributed by atoms with Crippen LogP contribution in [0.1, 0.15) is 42.3 Å². The normalized spacial score (nSPS) is 12.0. The second-order valence-corrected chi connectivity index (χ2v) is 8.82. The highest BCUT2D eigenvalue weighted by Crippen LogP contribution is 2.23. The molecule has 6 heteroatoms. The highest BCUT2D eigenvalue weighted by atomic mass is 32.2. The van der Waals surface area contributed by atoms with Gasteiger partial charge in [-0.2, -0.15) is 0 Å². The summed E-state index contributed by atoms with van der Waals surface area (Å²) in [5, 5.41) is 2.75. The predicted octanol–water partition coefficient (Wildman–Crippen LogP) is 3.45. The van der Waals surface area contributed by atoms with Crippen LogP contribution in [-0.2, 0) is 15.4 Å². The maximum absolute atomic E-state index is 12.4. The van der Waals surface area contributed by atoms with Crippen LogP contribution < -0.4 is 10.0 Å². The van der Waals surface area contributed by atoms with Gasteiger partial charge in [0.05, 0.1) is 4.90 Å². The first kappa shape index (κ1) is 19.1. The first-order chi connectivity index (χ1) is 11.5. The topological polar surface area (TPSA) is 75.3 Å². The molecular formula is C19H24N2O3S. The Morgan fingerprint density at radius 2 is 1.60 bits per heavy atom. The van der Waals surface area contributed by atoms with Crippen LogP contribution in [0.5, 0.6) is 0 Å². The lowest BCUT2D eigenvalue weighted by molar-refractivity contribution is 0.102. The van der Waals surface area contributed by atoms with Crippen molar-refractivity contribution in [1.29, 1.82) is 0 Å². The minimum atomic E-state index is -3.58. The van der Waals surface area contributed by atoms with E-state index in [1.54, 1.807) is 31.2 Å². The van der Waals surface area contributed by atoms with Gasteiger partial charge in [0, 0.05) is 11.3 Å². The molecule has 1 amide bonds. The van der Waals surface area contributed by atoms with E-state index in [0.29, 0.717) is 16.8 Å². The number of hydrogen-bond donors (Lipinski definition) is 2. The highest BCUT2D eigenvalue weighted by Gasteiger charge is 2.17. The lowest BCUT2D eigenvalue weighted by Crippen LogP contribution is -2.20. The van der Waals surface area contributed by atoms with Crippen LogP contribution in [0.3, 0.4) is 0 Å². The van der Waals surface area contributed by atoms with Crippen molar-refractivity contribution >= 4 is 21.6 Å². The average molecular weight is 360 g/mol. The Labute approximate surface area is 149 Å². The fraction of sp³-hybridized carbons (Fsp3) is 0.316. The third kappa shape index (κ3) is 4.46. The van der Waals surface area contributed by atoms with Gasteiger partial charge >= 0.3 is 0 Å². The van der Waals surface area contributed by atoms with Crippen molar-refractivity contribution in [3.63, 3.8) is 0 Å². The van der Waals surface area contributed by atoms with E-state index in [1.165, 1.54) is 13.1 Å². The van der Waals surface area contributed by atoms with E-state index >= 15 is 0 Å². The molecule has 0 saturated carbocycles. The van der Waals surface area contributed by atoms with E-state index in [-0.39, 0.29) is 16.2 Å². The van der Waals surface area contributed by atoms with Gasteiger partial charge in [-0.15, -0.1) is 0 Å². The van der Waals surface area contributed by atoms with Crippen LogP contribution in [0.25, 0.3) is 0 Å². The van der Waals surface area contributed by atoms with Gasteiger partial charge in [0.25, 0.3) is 5.91 Å². The van der Waals surface area contributed by atoms with E-state index in [1.807, 2.05) is 12.1 Å². The van der Waals surface area contributed by atoms with Gasteiger partial charge in [0.1, 0.15) is 0 Å². The molecule has 0 aliphatic carbocycles. The number of carbonyl (C=O) groups is 1. The number of sulfonamides is 1. The van der Waals surface area contributed by atoms with Gasteiger partial charge in [-0.3, -0.25) is 4.79 Å². The Kier molecular flexibility index (Phi) is 5.34. The summed E-state index contributed by atoms with van der Waals surface area (Å²) in [6.45, 7) is 8.04. The minimum absolute atomic E-state index is 0.0162. The molecule has 0 saturated heterocycles. The Morgan fingerprint density at radius 1 is 1.00 bits per heavy atom. The molecule has 0 bridgehead atoms. The molecule has 2 aromatic carbocycles. The molecule has 0 aromatic heterocycles. The first-order valence-corrected chi connectivity index (χ1v) is 9.49. The van der Waals surface area contributed by atoms with Crippen molar-refractivity contribution < 1.29 is 13.2 Å². The molecule has 0 radical (unpaired) electrons. The van der Waals surface area contributed by atoms with Crippen LogP contribution in [-0.4, -0.2) is 21.4 Å². The molecule has 0 fully saturated rings. The molecule has 2 aromatic rings. The van der Waals surface area contributed by atoms with E-state index in [0.717, 1.165) is 5.56 Å². The molecule has 0 heterocycles.